The van der Waals surface area contributed by atoms with E-state index in [1.807, 2.05) is 12.1 Å². The number of nitrogens with one attached hydrogen (secondary N) is 2. The number of amides is 2. The lowest BCUT2D eigenvalue weighted by Gasteiger charge is -2.21. The van der Waals surface area contributed by atoms with Gasteiger partial charge in [-0.2, -0.15) is 0 Å². The van der Waals surface area contributed by atoms with Crippen molar-refractivity contribution in [3.63, 3.8) is 0 Å². The van der Waals surface area contributed by atoms with Crippen LogP contribution in [0.5, 0.6) is 5.75 Å². The predicted octanol–water partition coefficient (Wildman–Crippen LogP) is 2.76. The van der Waals surface area contributed by atoms with Crippen LogP contribution in [0.4, 0.5) is 10.1 Å². The van der Waals surface area contributed by atoms with E-state index in [0.29, 0.717) is 11.3 Å². The van der Waals surface area contributed by atoms with Gasteiger partial charge in [0.25, 0.3) is 11.8 Å². The van der Waals surface area contributed by atoms with Crippen molar-refractivity contribution in [3.05, 3.63) is 59.4 Å². The second kappa shape index (κ2) is 8.84. The first-order valence-corrected chi connectivity index (χ1v) is 8.29. The van der Waals surface area contributed by atoms with Gasteiger partial charge in [0.05, 0.1) is 12.7 Å². The molecule has 0 atom stereocenters. The van der Waals surface area contributed by atoms with Gasteiger partial charge in [-0.25, -0.2) is 4.39 Å². The first-order chi connectivity index (χ1) is 12.5. The van der Waals surface area contributed by atoms with E-state index in [1.165, 1.54) is 19.2 Å². The van der Waals surface area contributed by atoms with Gasteiger partial charge in [-0.15, -0.1) is 0 Å². The van der Waals surface area contributed by atoms with Crippen molar-refractivity contribution >= 4 is 17.5 Å². The third kappa shape index (κ3) is 4.50. The number of hydrogen-bond acceptors (Lipinski definition) is 4. The molecule has 0 saturated heterocycles. The summed E-state index contributed by atoms with van der Waals surface area (Å²) >= 11 is 0. The average molecular weight is 359 g/mol. The summed E-state index contributed by atoms with van der Waals surface area (Å²) in [5.41, 5.74) is 5.69. The summed E-state index contributed by atoms with van der Waals surface area (Å²) in [7, 11) is 1.40. The van der Waals surface area contributed by atoms with E-state index in [1.54, 1.807) is 12.1 Å². The Bertz CT molecular complexity index is 774. The minimum Gasteiger partial charge on any atom is -0.497 e. The molecular formula is C19H22FN3O3. The molecule has 2 aromatic rings. The van der Waals surface area contributed by atoms with Crippen LogP contribution in [0, 0.1) is 5.82 Å². The van der Waals surface area contributed by atoms with E-state index in [2.05, 4.69) is 29.6 Å². The third-order valence-corrected chi connectivity index (χ3v) is 3.97. The highest BCUT2D eigenvalue weighted by molar-refractivity contribution is 5.99. The zero-order valence-corrected chi connectivity index (χ0v) is 15.0. The maximum Gasteiger partial charge on any atom is 0.272 e. The molecule has 0 radical (unpaired) electrons. The van der Waals surface area contributed by atoms with Crippen molar-refractivity contribution in [2.45, 2.75) is 13.8 Å². The van der Waals surface area contributed by atoms with E-state index >= 15 is 0 Å². The fourth-order valence-electron chi connectivity index (χ4n) is 2.47. The molecule has 26 heavy (non-hydrogen) atoms. The van der Waals surface area contributed by atoms with Gasteiger partial charge in [-0.1, -0.05) is 0 Å². The van der Waals surface area contributed by atoms with Crippen LogP contribution < -0.4 is 20.5 Å². The number of hydrogen-bond donors (Lipinski definition) is 2. The van der Waals surface area contributed by atoms with Crippen LogP contribution in [-0.2, 0) is 0 Å². The van der Waals surface area contributed by atoms with Crippen LogP contribution in [0.1, 0.15) is 34.6 Å². The lowest BCUT2D eigenvalue weighted by atomic mass is 10.2. The van der Waals surface area contributed by atoms with Crippen molar-refractivity contribution in [3.8, 4) is 5.75 Å². The molecule has 0 aliphatic heterocycles. The van der Waals surface area contributed by atoms with Crippen molar-refractivity contribution in [2.75, 3.05) is 25.1 Å². The molecule has 6 nitrogen and oxygen atoms in total. The van der Waals surface area contributed by atoms with E-state index in [9.17, 15) is 14.0 Å². The highest BCUT2D eigenvalue weighted by atomic mass is 19.1. The van der Waals surface area contributed by atoms with Gasteiger partial charge >= 0.3 is 0 Å². The highest BCUT2D eigenvalue weighted by Gasteiger charge is 2.14. The SMILES string of the molecule is CCN(CC)c1ccc(C(=O)NNC(=O)c2ccc(OC)cc2F)cc1. The Kier molecular flexibility index (Phi) is 6.54. The number of ether oxygens (including phenoxy) is 1. The van der Waals surface area contributed by atoms with Crippen molar-refractivity contribution < 1.29 is 18.7 Å². The van der Waals surface area contributed by atoms with Gasteiger partial charge in [-0.05, 0) is 50.2 Å². The summed E-state index contributed by atoms with van der Waals surface area (Å²) in [6, 6.07) is 10.9. The van der Waals surface area contributed by atoms with Crippen LogP contribution in [0.2, 0.25) is 0 Å². The fraction of sp³-hybridized carbons (Fsp3) is 0.263. The largest absolute Gasteiger partial charge is 0.497 e. The van der Waals surface area contributed by atoms with Crippen molar-refractivity contribution in [2.24, 2.45) is 0 Å². The predicted molar refractivity (Wildman–Crippen MR) is 97.9 cm³/mol. The standard InChI is InChI=1S/C19H22FN3O3/c1-4-23(5-2)14-8-6-13(7-9-14)18(24)21-22-19(25)16-11-10-15(26-3)12-17(16)20/h6-12H,4-5H2,1-3H3,(H,21,24)(H,22,25). The Morgan fingerprint density at radius 3 is 2.15 bits per heavy atom. The second-order valence-electron chi connectivity index (χ2n) is 5.47. The molecule has 0 aliphatic rings. The number of nitrogens with zero attached hydrogens (tertiary/aromatic N) is 1. The Labute approximate surface area is 151 Å². The van der Waals surface area contributed by atoms with Gasteiger partial charge < -0.3 is 9.64 Å². The van der Waals surface area contributed by atoms with Gasteiger partial charge in [-0.3, -0.25) is 20.4 Å². The summed E-state index contributed by atoms with van der Waals surface area (Å²) in [4.78, 5) is 26.3. The second-order valence-corrected chi connectivity index (χ2v) is 5.47. The molecule has 0 spiro atoms. The summed E-state index contributed by atoms with van der Waals surface area (Å²) < 4.78 is 18.7. The summed E-state index contributed by atoms with van der Waals surface area (Å²) in [5, 5.41) is 0. The first kappa shape index (κ1) is 19.2. The van der Waals surface area contributed by atoms with Crippen LogP contribution in [0.3, 0.4) is 0 Å². The fourth-order valence-corrected chi connectivity index (χ4v) is 2.47. The number of rotatable bonds is 6. The number of methoxy groups -OCH3 is 1. The molecule has 7 heteroatoms. The highest BCUT2D eigenvalue weighted by Crippen LogP contribution is 2.16. The smallest absolute Gasteiger partial charge is 0.272 e. The summed E-state index contributed by atoms with van der Waals surface area (Å²) in [5.74, 6) is -1.67. The molecule has 2 rings (SSSR count). The number of carbonyl (C=O) groups is 2. The minimum absolute atomic E-state index is 0.192. The maximum atomic E-state index is 13.9. The van der Waals surface area contributed by atoms with Crippen LogP contribution in [0.25, 0.3) is 0 Å². The molecule has 0 heterocycles. The molecule has 0 fully saturated rings. The monoisotopic (exact) mass is 359 g/mol. The molecule has 0 aliphatic carbocycles. The molecule has 0 saturated carbocycles. The van der Waals surface area contributed by atoms with E-state index in [0.717, 1.165) is 24.8 Å². The minimum atomic E-state index is -0.752. The van der Waals surface area contributed by atoms with Gasteiger partial charge in [0.1, 0.15) is 11.6 Å². The molecule has 2 aromatic carbocycles. The third-order valence-electron chi connectivity index (χ3n) is 3.97. The van der Waals surface area contributed by atoms with Crippen molar-refractivity contribution in [1.82, 2.24) is 10.9 Å². The zero-order valence-electron chi connectivity index (χ0n) is 15.0. The zero-order chi connectivity index (χ0) is 19.1. The Morgan fingerprint density at radius 2 is 1.62 bits per heavy atom. The topological polar surface area (TPSA) is 70.7 Å². The number of benzene rings is 2. The lowest BCUT2D eigenvalue weighted by molar-refractivity contribution is 0.0844. The Hall–Kier alpha value is -3.09. The maximum absolute atomic E-state index is 13.9. The normalized spacial score (nSPS) is 10.2. The average Bonchev–Trinajstić information content (AvgIpc) is 2.67. The molecule has 2 amide bonds. The van der Waals surface area contributed by atoms with Crippen LogP contribution in [-0.4, -0.2) is 32.0 Å². The lowest BCUT2D eigenvalue weighted by Crippen LogP contribution is -2.41. The van der Waals surface area contributed by atoms with E-state index in [4.69, 9.17) is 4.74 Å². The number of anilines is 1. The van der Waals surface area contributed by atoms with Crippen molar-refractivity contribution in [1.29, 1.82) is 0 Å². The summed E-state index contributed by atoms with van der Waals surface area (Å²) in [6.45, 7) is 5.84. The van der Waals surface area contributed by atoms with Gasteiger partial charge in [0.15, 0.2) is 0 Å². The molecule has 0 unspecified atom stereocenters. The first-order valence-electron chi connectivity index (χ1n) is 8.29. The van der Waals surface area contributed by atoms with Gasteiger partial charge in [0.2, 0.25) is 0 Å². The quantitative estimate of drug-likeness (QED) is 0.778. The molecule has 0 bridgehead atoms. The number of carbonyl (C=O) groups excluding carboxylic acids is 2. The van der Waals surface area contributed by atoms with Gasteiger partial charge in [0, 0.05) is 30.4 Å². The van der Waals surface area contributed by atoms with Crippen LogP contribution >= 0.6 is 0 Å². The van der Waals surface area contributed by atoms with E-state index < -0.39 is 17.6 Å². The van der Waals surface area contributed by atoms with E-state index in [-0.39, 0.29) is 5.56 Å². The Balaban J connectivity index is 1.98. The number of hydrazine groups is 1. The summed E-state index contributed by atoms with van der Waals surface area (Å²) in [6.07, 6.45) is 0. The van der Waals surface area contributed by atoms with Crippen LogP contribution in [0.15, 0.2) is 42.5 Å². The molecule has 138 valence electrons. The number of halogens is 1. The Morgan fingerprint density at radius 1 is 1.00 bits per heavy atom. The molecule has 2 N–H and O–H groups in total. The molecular weight excluding hydrogens is 337 g/mol. The molecule has 0 aromatic heterocycles.